The van der Waals surface area contributed by atoms with Crippen LogP contribution in [0.2, 0.25) is 0 Å². The lowest BCUT2D eigenvalue weighted by molar-refractivity contribution is -0.362. The number of ketones is 1. The van der Waals surface area contributed by atoms with E-state index < -0.39 is 41.4 Å². The Morgan fingerprint density at radius 2 is 1.76 bits per heavy atom. The first-order chi connectivity index (χ1) is 21.4. The Bertz CT molecular complexity index is 1620. The molecule has 0 bridgehead atoms. The molecule has 2 aromatic rings. The van der Waals surface area contributed by atoms with Crippen LogP contribution in [0.15, 0.2) is 82.5 Å². The van der Waals surface area contributed by atoms with Crippen molar-refractivity contribution in [1.82, 2.24) is 0 Å². The van der Waals surface area contributed by atoms with E-state index in [2.05, 4.69) is 17.0 Å². The van der Waals surface area contributed by atoms with E-state index in [9.17, 15) is 23.1 Å². The van der Waals surface area contributed by atoms with Crippen molar-refractivity contribution >= 4 is 12.0 Å². The number of oxime groups is 1. The number of allylic oxidation sites excluding steroid dienone is 4. The number of halogens is 5. The molecule has 0 aromatic heterocycles. The van der Waals surface area contributed by atoms with Crippen LogP contribution in [-0.2, 0) is 16.2 Å². The number of alkyl halides is 5. The highest BCUT2D eigenvalue weighted by Crippen LogP contribution is 2.70. The van der Waals surface area contributed by atoms with Crippen LogP contribution >= 0.6 is 0 Å². The molecular formula is C36H34F5NO3. The molecule has 0 aliphatic heterocycles. The third-order valence-corrected chi connectivity index (χ3v) is 10.6. The van der Waals surface area contributed by atoms with Crippen LogP contribution in [0.5, 0.6) is 0 Å². The maximum Gasteiger partial charge on any atom is 0.456 e. The first kappa shape index (κ1) is 31.2. The van der Waals surface area contributed by atoms with Gasteiger partial charge in [-0.2, -0.15) is 22.0 Å². The van der Waals surface area contributed by atoms with Gasteiger partial charge in [0.1, 0.15) is 18.4 Å². The van der Waals surface area contributed by atoms with E-state index in [0.717, 1.165) is 27.8 Å². The van der Waals surface area contributed by atoms with Crippen molar-refractivity contribution in [1.29, 1.82) is 0 Å². The molecule has 2 fully saturated rings. The molecule has 45 heavy (non-hydrogen) atoms. The second kappa shape index (κ2) is 11.5. The molecule has 5 atom stereocenters. The largest absolute Gasteiger partial charge is 0.456 e. The van der Waals surface area contributed by atoms with Gasteiger partial charge < -0.3 is 9.94 Å². The smallest absolute Gasteiger partial charge is 0.390 e. The molecule has 2 saturated carbocycles. The van der Waals surface area contributed by atoms with Gasteiger partial charge in [-0.3, -0.25) is 4.79 Å². The van der Waals surface area contributed by atoms with Crippen molar-refractivity contribution in [2.75, 3.05) is 0 Å². The number of carbonyl (C=O) groups is 1. The van der Waals surface area contributed by atoms with Gasteiger partial charge in [-0.25, -0.2) is 0 Å². The van der Waals surface area contributed by atoms with Gasteiger partial charge in [-0.05, 0) is 96.8 Å². The fraction of sp³-hybridized carbons (Fsp3) is 0.444. The molecule has 0 heterocycles. The lowest BCUT2D eigenvalue weighted by Gasteiger charge is -2.56. The van der Waals surface area contributed by atoms with Crippen LogP contribution in [-0.4, -0.2) is 34.8 Å². The SMILES string of the molecule is C[C@]12C[C@H](c3ccc(C#CC=NOCc4ccccc4)cc3)C3=C4CCC(=O)C=C4CC[C@H]3[C@@H]1CC[C@@]2(O)C(F)(F)C(F)(F)F. The number of aliphatic hydroxyl groups is 1. The molecule has 4 aliphatic rings. The van der Waals surface area contributed by atoms with Gasteiger partial charge in [0.25, 0.3) is 0 Å². The molecule has 4 aliphatic carbocycles. The van der Waals surface area contributed by atoms with Crippen molar-refractivity contribution in [3.05, 3.63) is 94.1 Å². The number of hydrogen-bond donors (Lipinski definition) is 1. The van der Waals surface area contributed by atoms with Crippen LogP contribution in [0.25, 0.3) is 0 Å². The zero-order valence-corrected chi connectivity index (χ0v) is 24.8. The summed E-state index contributed by atoms with van der Waals surface area (Å²) in [6.45, 7) is 1.73. The minimum absolute atomic E-state index is 0.0435. The third kappa shape index (κ3) is 5.31. The van der Waals surface area contributed by atoms with Gasteiger partial charge in [-0.1, -0.05) is 66.0 Å². The minimum Gasteiger partial charge on any atom is -0.390 e. The summed E-state index contributed by atoms with van der Waals surface area (Å²) in [6.07, 6.45) is -1.51. The summed E-state index contributed by atoms with van der Waals surface area (Å²) in [5.74, 6) is -0.732. The highest BCUT2D eigenvalue weighted by Gasteiger charge is 2.79. The van der Waals surface area contributed by atoms with Gasteiger partial charge in [0.15, 0.2) is 5.78 Å². The second-order valence-corrected chi connectivity index (χ2v) is 12.9. The molecule has 4 nitrogen and oxygen atoms in total. The van der Waals surface area contributed by atoms with E-state index >= 15 is 8.78 Å². The summed E-state index contributed by atoms with van der Waals surface area (Å²) in [5, 5.41) is 15.3. The molecule has 2 aromatic carbocycles. The van der Waals surface area contributed by atoms with E-state index in [1.807, 2.05) is 42.5 Å². The van der Waals surface area contributed by atoms with E-state index in [4.69, 9.17) is 4.84 Å². The molecule has 0 spiro atoms. The fourth-order valence-electron chi connectivity index (χ4n) is 8.38. The summed E-state index contributed by atoms with van der Waals surface area (Å²) in [5.41, 5.74) is 0.477. The van der Waals surface area contributed by atoms with E-state index in [0.29, 0.717) is 37.9 Å². The van der Waals surface area contributed by atoms with Crippen LogP contribution in [0.4, 0.5) is 22.0 Å². The molecule has 1 N–H and O–H groups in total. The van der Waals surface area contributed by atoms with Crippen molar-refractivity contribution in [2.24, 2.45) is 22.4 Å². The molecule has 0 amide bonds. The Balaban J connectivity index is 1.31. The monoisotopic (exact) mass is 623 g/mol. The summed E-state index contributed by atoms with van der Waals surface area (Å²) in [6, 6.07) is 16.8. The minimum atomic E-state index is -5.88. The van der Waals surface area contributed by atoms with E-state index in [1.54, 1.807) is 18.2 Å². The molecular weight excluding hydrogens is 589 g/mol. The van der Waals surface area contributed by atoms with Gasteiger partial charge in [-0.15, -0.1) is 0 Å². The van der Waals surface area contributed by atoms with Gasteiger partial charge in [0, 0.05) is 23.3 Å². The van der Waals surface area contributed by atoms with Crippen LogP contribution in [0.1, 0.15) is 74.5 Å². The quantitative estimate of drug-likeness (QED) is 0.159. The summed E-state index contributed by atoms with van der Waals surface area (Å²) >= 11 is 0. The molecule has 6 rings (SSSR count). The third-order valence-electron chi connectivity index (χ3n) is 10.6. The van der Waals surface area contributed by atoms with Crippen LogP contribution in [0.3, 0.4) is 0 Å². The topological polar surface area (TPSA) is 58.9 Å². The molecule has 9 heteroatoms. The summed E-state index contributed by atoms with van der Waals surface area (Å²) in [4.78, 5) is 17.5. The van der Waals surface area contributed by atoms with Crippen molar-refractivity contribution in [3.63, 3.8) is 0 Å². The Kier molecular flexibility index (Phi) is 8.01. The summed E-state index contributed by atoms with van der Waals surface area (Å²) in [7, 11) is 0. The van der Waals surface area contributed by atoms with Gasteiger partial charge in [0.2, 0.25) is 0 Å². The molecule has 0 radical (unpaired) electrons. The van der Waals surface area contributed by atoms with Crippen molar-refractivity contribution in [2.45, 2.75) is 82.1 Å². The Labute approximate surface area is 259 Å². The number of hydrogen-bond acceptors (Lipinski definition) is 4. The Hall–Kier alpha value is -3.77. The zero-order chi connectivity index (χ0) is 32.0. The number of fused-ring (bicyclic) bond motifs is 4. The van der Waals surface area contributed by atoms with Gasteiger partial charge in [0.05, 0.1) is 0 Å². The lowest BCUT2D eigenvalue weighted by Crippen LogP contribution is -2.65. The first-order valence-corrected chi connectivity index (χ1v) is 15.3. The normalized spacial score (nSPS) is 29.8. The number of rotatable bonds is 5. The standard InChI is InChI=1S/C36H34F5NO3/c1-33-21-30(25-11-9-23(10-12-25)8-5-19-42-45-22-24-6-3-2-4-7-24)32-28-16-14-27(43)20-26(28)13-15-29(32)31(33)17-18-34(33,44)35(37,38)36(39,40)41/h2-4,6-7,9-12,19-20,29-31,44H,13-18,21-22H2,1H3/t29-,30+,31-,33-,34-/m0/s1. The predicted octanol–water partition coefficient (Wildman–Crippen LogP) is 8.07. The van der Waals surface area contributed by atoms with Crippen molar-refractivity contribution in [3.8, 4) is 11.8 Å². The maximum absolute atomic E-state index is 15.2. The van der Waals surface area contributed by atoms with Crippen LogP contribution in [0, 0.1) is 29.1 Å². The maximum atomic E-state index is 15.2. The Morgan fingerprint density at radius 3 is 2.47 bits per heavy atom. The first-order valence-electron chi connectivity index (χ1n) is 15.3. The Morgan fingerprint density at radius 1 is 1.02 bits per heavy atom. The number of carbonyl (C=O) groups excluding carboxylic acids is 1. The zero-order valence-electron chi connectivity index (χ0n) is 24.8. The number of benzene rings is 2. The van der Waals surface area contributed by atoms with E-state index in [-0.39, 0.29) is 24.5 Å². The second-order valence-electron chi connectivity index (χ2n) is 12.9. The fourth-order valence-corrected chi connectivity index (χ4v) is 8.38. The predicted molar refractivity (Wildman–Crippen MR) is 159 cm³/mol. The summed E-state index contributed by atoms with van der Waals surface area (Å²) < 4.78 is 71.7. The number of nitrogens with zero attached hydrogens (tertiary/aromatic N) is 1. The van der Waals surface area contributed by atoms with Crippen molar-refractivity contribution < 1.29 is 36.7 Å². The lowest BCUT2D eigenvalue weighted by atomic mass is 9.50. The average Bonchev–Trinajstić information content (AvgIpc) is 3.29. The van der Waals surface area contributed by atoms with Crippen LogP contribution < -0.4 is 0 Å². The van der Waals surface area contributed by atoms with Gasteiger partial charge >= 0.3 is 12.1 Å². The molecule has 0 saturated heterocycles. The van der Waals surface area contributed by atoms with E-state index in [1.165, 1.54) is 13.1 Å². The highest BCUT2D eigenvalue weighted by atomic mass is 19.4. The average molecular weight is 624 g/mol. The molecule has 0 unspecified atom stereocenters. The highest BCUT2D eigenvalue weighted by molar-refractivity contribution is 5.93. The molecule has 236 valence electrons.